The quantitative estimate of drug-likeness (QED) is 0.693. The number of aryl methyl sites for hydroxylation is 2. The van der Waals surface area contributed by atoms with Crippen molar-refractivity contribution >= 4 is 15.7 Å². The predicted molar refractivity (Wildman–Crippen MR) is 105 cm³/mol. The van der Waals surface area contributed by atoms with Gasteiger partial charge >= 0.3 is 0 Å². The summed E-state index contributed by atoms with van der Waals surface area (Å²) >= 11 is 0. The van der Waals surface area contributed by atoms with E-state index >= 15 is 0 Å². The highest BCUT2D eigenvalue weighted by Gasteiger charge is 2.28. The maximum atomic E-state index is 12.9. The Kier molecular flexibility index (Phi) is 4.75. The van der Waals surface area contributed by atoms with Gasteiger partial charge in [-0.15, -0.1) is 0 Å². The first kappa shape index (κ1) is 18.2. The highest BCUT2D eigenvalue weighted by atomic mass is 32.2. The number of sulfonamides is 1. The molecule has 1 fully saturated rings. The largest absolute Gasteiger partial charge is 0.303 e. The van der Waals surface area contributed by atoms with Crippen LogP contribution >= 0.6 is 0 Å². The zero-order valence-electron chi connectivity index (χ0n) is 15.7. The van der Waals surface area contributed by atoms with Crippen LogP contribution in [0.2, 0.25) is 0 Å². The molecule has 1 aliphatic heterocycles. The van der Waals surface area contributed by atoms with E-state index in [0.717, 1.165) is 29.0 Å². The fourth-order valence-electron chi connectivity index (χ4n) is 3.48. The Hall–Kier alpha value is -2.22. The Morgan fingerprint density at radius 1 is 1.00 bits per heavy atom. The van der Waals surface area contributed by atoms with Gasteiger partial charge in [0.1, 0.15) is 5.65 Å². The van der Waals surface area contributed by atoms with Crippen LogP contribution in [0.25, 0.3) is 5.65 Å². The average Bonchev–Trinajstić information content (AvgIpc) is 3.07. The van der Waals surface area contributed by atoms with Crippen LogP contribution in [0.4, 0.5) is 0 Å². The highest BCUT2D eigenvalue weighted by Crippen LogP contribution is 2.21. The molecule has 3 heterocycles. The molecule has 0 N–H and O–H groups in total. The van der Waals surface area contributed by atoms with E-state index in [1.807, 2.05) is 50.5 Å². The van der Waals surface area contributed by atoms with Crippen molar-refractivity contribution in [2.75, 3.05) is 26.2 Å². The lowest BCUT2D eigenvalue weighted by Gasteiger charge is -2.33. The van der Waals surface area contributed by atoms with E-state index in [2.05, 4.69) is 14.3 Å². The molecule has 0 aliphatic carbocycles. The molecule has 0 bridgehead atoms. The number of hydrogen-bond donors (Lipinski definition) is 0. The van der Waals surface area contributed by atoms with Gasteiger partial charge in [0.15, 0.2) is 0 Å². The van der Waals surface area contributed by atoms with Crippen molar-refractivity contribution in [2.45, 2.75) is 25.3 Å². The van der Waals surface area contributed by atoms with Crippen molar-refractivity contribution < 1.29 is 8.42 Å². The monoisotopic (exact) mass is 384 g/mol. The summed E-state index contributed by atoms with van der Waals surface area (Å²) in [6, 6.07) is 11.3. The van der Waals surface area contributed by atoms with E-state index in [-0.39, 0.29) is 0 Å². The second-order valence-corrected chi connectivity index (χ2v) is 9.04. The van der Waals surface area contributed by atoms with Crippen LogP contribution in [0.5, 0.6) is 0 Å². The van der Waals surface area contributed by atoms with Crippen molar-refractivity contribution in [3.63, 3.8) is 0 Å². The van der Waals surface area contributed by atoms with Gasteiger partial charge in [0.25, 0.3) is 0 Å². The molecule has 0 saturated carbocycles. The highest BCUT2D eigenvalue weighted by molar-refractivity contribution is 7.89. The number of imidazole rings is 1. The number of fused-ring (bicyclic) bond motifs is 1. The van der Waals surface area contributed by atoms with E-state index in [4.69, 9.17) is 0 Å². The summed E-state index contributed by atoms with van der Waals surface area (Å²) in [4.78, 5) is 7.09. The van der Waals surface area contributed by atoms with Crippen LogP contribution in [0.15, 0.2) is 53.7 Å². The zero-order valence-corrected chi connectivity index (χ0v) is 16.5. The number of piperazine rings is 1. The van der Waals surface area contributed by atoms with Gasteiger partial charge in [-0.2, -0.15) is 4.31 Å². The maximum absolute atomic E-state index is 12.9. The summed E-state index contributed by atoms with van der Waals surface area (Å²) in [6.45, 7) is 7.14. The minimum atomic E-state index is -3.43. The number of benzene rings is 1. The third-order valence-corrected chi connectivity index (χ3v) is 7.22. The molecule has 1 aliphatic rings. The van der Waals surface area contributed by atoms with Crippen LogP contribution in [-0.2, 0) is 16.6 Å². The Balaban J connectivity index is 1.44. The van der Waals surface area contributed by atoms with Crippen molar-refractivity contribution in [1.29, 1.82) is 0 Å². The van der Waals surface area contributed by atoms with Crippen LogP contribution in [-0.4, -0.2) is 53.2 Å². The maximum Gasteiger partial charge on any atom is 0.243 e. The van der Waals surface area contributed by atoms with Crippen molar-refractivity contribution in [3.8, 4) is 0 Å². The number of aromatic nitrogens is 2. The van der Waals surface area contributed by atoms with Crippen molar-refractivity contribution in [2.24, 2.45) is 0 Å². The minimum absolute atomic E-state index is 0.390. The summed E-state index contributed by atoms with van der Waals surface area (Å²) in [6.07, 6.45) is 3.91. The Bertz CT molecular complexity index is 1070. The fraction of sp³-hybridized carbons (Fsp3) is 0.350. The molecule has 7 heteroatoms. The van der Waals surface area contributed by atoms with E-state index in [0.29, 0.717) is 31.1 Å². The average molecular weight is 385 g/mol. The topological polar surface area (TPSA) is 57.9 Å². The molecule has 142 valence electrons. The summed E-state index contributed by atoms with van der Waals surface area (Å²) < 4.78 is 29.6. The van der Waals surface area contributed by atoms with Crippen LogP contribution in [0, 0.1) is 13.8 Å². The van der Waals surface area contributed by atoms with Gasteiger partial charge in [0.2, 0.25) is 10.0 Å². The Morgan fingerprint density at radius 2 is 1.78 bits per heavy atom. The molecule has 1 aromatic carbocycles. The third kappa shape index (κ3) is 3.50. The molecule has 0 radical (unpaired) electrons. The number of nitrogens with zero attached hydrogens (tertiary/aromatic N) is 4. The molecule has 4 rings (SSSR count). The predicted octanol–water partition coefficient (Wildman–Crippen LogP) is 2.46. The van der Waals surface area contributed by atoms with E-state index < -0.39 is 10.0 Å². The number of rotatable bonds is 4. The molecule has 0 amide bonds. The first-order valence-electron chi connectivity index (χ1n) is 9.16. The molecule has 27 heavy (non-hydrogen) atoms. The van der Waals surface area contributed by atoms with Crippen molar-refractivity contribution in [3.05, 3.63) is 65.6 Å². The standard InChI is InChI=1S/C20H24N4O2S/c1-16-6-7-19(13-17(16)2)27(25,26)23-11-9-22(10-12-23)15-18-14-21-20-5-3-4-8-24(18)20/h3-8,13-14H,9-12,15H2,1-2H3. The minimum Gasteiger partial charge on any atom is -0.303 e. The van der Waals surface area contributed by atoms with Gasteiger partial charge in [-0.05, 0) is 49.2 Å². The van der Waals surface area contributed by atoms with Crippen LogP contribution < -0.4 is 0 Å². The van der Waals surface area contributed by atoms with Crippen LogP contribution in [0.3, 0.4) is 0 Å². The summed E-state index contributed by atoms with van der Waals surface area (Å²) in [7, 11) is -3.43. The van der Waals surface area contributed by atoms with E-state index in [1.165, 1.54) is 0 Å². The van der Waals surface area contributed by atoms with Gasteiger partial charge in [-0.3, -0.25) is 4.90 Å². The van der Waals surface area contributed by atoms with Gasteiger partial charge in [0.05, 0.1) is 16.8 Å². The molecule has 6 nitrogen and oxygen atoms in total. The normalized spacial score (nSPS) is 16.8. The van der Waals surface area contributed by atoms with E-state index in [9.17, 15) is 8.42 Å². The molecule has 0 atom stereocenters. The summed E-state index contributed by atoms with van der Waals surface area (Å²) in [5.41, 5.74) is 4.16. The first-order chi connectivity index (χ1) is 12.9. The zero-order chi connectivity index (χ0) is 19.0. The lowest BCUT2D eigenvalue weighted by molar-refractivity contribution is 0.179. The Labute approximate surface area is 160 Å². The van der Waals surface area contributed by atoms with Gasteiger partial charge in [-0.1, -0.05) is 12.1 Å². The lowest BCUT2D eigenvalue weighted by atomic mass is 10.1. The SMILES string of the molecule is Cc1ccc(S(=O)(=O)N2CCN(Cc3cnc4ccccn34)CC2)cc1C. The number of pyridine rings is 1. The smallest absolute Gasteiger partial charge is 0.243 e. The molecular weight excluding hydrogens is 360 g/mol. The van der Waals surface area contributed by atoms with Gasteiger partial charge in [0, 0.05) is 38.9 Å². The van der Waals surface area contributed by atoms with Crippen LogP contribution in [0.1, 0.15) is 16.8 Å². The third-order valence-electron chi connectivity index (χ3n) is 5.33. The summed E-state index contributed by atoms with van der Waals surface area (Å²) in [5, 5.41) is 0. The molecular formula is C20H24N4O2S. The molecule has 0 unspecified atom stereocenters. The lowest BCUT2D eigenvalue weighted by Crippen LogP contribution is -2.48. The van der Waals surface area contributed by atoms with Gasteiger partial charge in [-0.25, -0.2) is 13.4 Å². The summed E-state index contributed by atoms with van der Waals surface area (Å²) in [5.74, 6) is 0. The molecule has 1 saturated heterocycles. The van der Waals surface area contributed by atoms with Gasteiger partial charge < -0.3 is 4.40 Å². The molecule has 2 aromatic heterocycles. The second kappa shape index (κ2) is 7.07. The number of hydrogen-bond acceptors (Lipinski definition) is 4. The second-order valence-electron chi connectivity index (χ2n) is 7.10. The van der Waals surface area contributed by atoms with Crippen molar-refractivity contribution in [1.82, 2.24) is 18.6 Å². The Morgan fingerprint density at radius 3 is 2.52 bits per heavy atom. The first-order valence-corrected chi connectivity index (χ1v) is 10.6. The molecule has 0 spiro atoms. The fourth-order valence-corrected chi connectivity index (χ4v) is 4.99. The molecule has 3 aromatic rings. The van der Waals surface area contributed by atoms with E-state index in [1.54, 1.807) is 16.4 Å².